The van der Waals surface area contributed by atoms with Gasteiger partial charge in [0.1, 0.15) is 10.6 Å². The Morgan fingerprint density at radius 2 is 1.71 bits per heavy atom. The second kappa shape index (κ2) is 8.54. The van der Waals surface area contributed by atoms with Gasteiger partial charge in [-0.3, -0.25) is 4.98 Å². The smallest absolute Gasteiger partial charge is 0.247 e. The number of ether oxygens (including phenoxy) is 1. The van der Waals surface area contributed by atoms with Gasteiger partial charge in [-0.05, 0) is 36.2 Å². The molecule has 5 nitrogen and oxygen atoms in total. The fraction of sp³-hybridized carbons (Fsp3) is 0.227. The largest absolute Gasteiger partial charge is 0.495 e. The zero-order valence-electron chi connectivity index (χ0n) is 16.2. The Morgan fingerprint density at radius 3 is 2.32 bits per heavy atom. The van der Waals surface area contributed by atoms with E-state index in [2.05, 4.69) is 4.98 Å². The fourth-order valence-electron chi connectivity index (χ4n) is 3.26. The van der Waals surface area contributed by atoms with Gasteiger partial charge in [-0.1, -0.05) is 55.0 Å². The van der Waals surface area contributed by atoms with E-state index in [1.54, 1.807) is 36.7 Å². The first-order valence-corrected chi connectivity index (χ1v) is 10.5. The summed E-state index contributed by atoms with van der Waals surface area (Å²) < 4.78 is 34.1. The predicted octanol–water partition coefficient (Wildman–Crippen LogP) is 4.20. The molecule has 1 aromatic heterocycles. The highest BCUT2D eigenvalue weighted by molar-refractivity contribution is 7.89. The first-order chi connectivity index (χ1) is 13.5. The Kier molecular flexibility index (Phi) is 6.11. The van der Waals surface area contributed by atoms with Crippen LogP contribution < -0.4 is 4.74 Å². The van der Waals surface area contributed by atoms with Gasteiger partial charge in [0.2, 0.25) is 10.0 Å². The molecule has 0 bridgehead atoms. The lowest BCUT2D eigenvalue weighted by atomic mass is 9.99. The fourth-order valence-corrected chi connectivity index (χ4v) is 5.03. The van der Waals surface area contributed by atoms with Crippen LogP contribution in [-0.4, -0.2) is 31.4 Å². The van der Waals surface area contributed by atoms with Crippen molar-refractivity contribution in [2.24, 2.45) is 0 Å². The highest BCUT2D eigenvalue weighted by Gasteiger charge is 2.34. The van der Waals surface area contributed by atoms with E-state index in [4.69, 9.17) is 4.74 Å². The van der Waals surface area contributed by atoms with Crippen LogP contribution in [-0.2, 0) is 10.0 Å². The van der Waals surface area contributed by atoms with Crippen LogP contribution in [0.15, 0.2) is 78.0 Å². The summed E-state index contributed by atoms with van der Waals surface area (Å²) in [6.07, 6.45) is 3.39. The van der Waals surface area contributed by atoms with E-state index >= 15 is 0 Å². The minimum Gasteiger partial charge on any atom is -0.495 e. The molecular weight excluding hydrogens is 372 g/mol. The molecule has 0 radical (unpaired) electrons. The normalized spacial score (nSPS) is 12.7. The third kappa shape index (κ3) is 3.93. The average Bonchev–Trinajstić information content (AvgIpc) is 2.73. The van der Waals surface area contributed by atoms with Crippen molar-refractivity contribution in [3.63, 3.8) is 0 Å². The highest BCUT2D eigenvalue weighted by atomic mass is 32.2. The van der Waals surface area contributed by atoms with E-state index < -0.39 is 16.1 Å². The van der Waals surface area contributed by atoms with Crippen LogP contribution in [0.2, 0.25) is 0 Å². The van der Waals surface area contributed by atoms with E-state index in [9.17, 15) is 8.42 Å². The molecule has 6 heteroatoms. The lowest BCUT2D eigenvalue weighted by molar-refractivity contribution is 0.366. The van der Waals surface area contributed by atoms with Crippen molar-refractivity contribution in [3.8, 4) is 5.75 Å². The van der Waals surface area contributed by atoms with Gasteiger partial charge >= 0.3 is 0 Å². The molecule has 3 aromatic rings. The van der Waals surface area contributed by atoms with E-state index in [0.29, 0.717) is 12.3 Å². The highest BCUT2D eigenvalue weighted by Crippen LogP contribution is 2.35. The van der Waals surface area contributed by atoms with Gasteiger partial charge in [-0.25, -0.2) is 8.42 Å². The minimum absolute atomic E-state index is 0.153. The van der Waals surface area contributed by atoms with Crippen molar-refractivity contribution < 1.29 is 13.2 Å². The molecule has 0 unspecified atom stereocenters. The molecule has 0 aliphatic heterocycles. The van der Waals surface area contributed by atoms with Gasteiger partial charge in [0, 0.05) is 18.9 Å². The van der Waals surface area contributed by atoms with Crippen molar-refractivity contribution in [3.05, 3.63) is 89.7 Å². The van der Waals surface area contributed by atoms with Crippen LogP contribution in [0.25, 0.3) is 0 Å². The SMILES string of the molecule is CCN([C@H](c1ccc(C)cc1)c1cccnc1)S(=O)(=O)c1ccccc1OC. The summed E-state index contributed by atoms with van der Waals surface area (Å²) in [6.45, 7) is 4.14. The molecule has 0 spiro atoms. The predicted molar refractivity (Wildman–Crippen MR) is 110 cm³/mol. The van der Waals surface area contributed by atoms with E-state index in [-0.39, 0.29) is 4.90 Å². The third-order valence-corrected chi connectivity index (χ3v) is 6.63. The maximum Gasteiger partial charge on any atom is 0.247 e. The summed E-state index contributed by atoms with van der Waals surface area (Å²) in [5, 5.41) is 0. The van der Waals surface area contributed by atoms with Crippen LogP contribution in [0.5, 0.6) is 5.75 Å². The summed E-state index contributed by atoms with van der Waals surface area (Å²) in [6, 6.07) is 17.8. The summed E-state index contributed by atoms with van der Waals surface area (Å²) in [5.74, 6) is 0.329. The maximum absolute atomic E-state index is 13.6. The van der Waals surface area contributed by atoms with Crippen LogP contribution in [0.1, 0.15) is 29.7 Å². The van der Waals surface area contributed by atoms with Gasteiger partial charge in [0.05, 0.1) is 13.2 Å². The zero-order chi connectivity index (χ0) is 20.1. The molecule has 0 aliphatic carbocycles. The lowest BCUT2D eigenvalue weighted by Crippen LogP contribution is -2.35. The van der Waals surface area contributed by atoms with Crippen LogP contribution in [0, 0.1) is 6.92 Å². The van der Waals surface area contributed by atoms with Crippen molar-refractivity contribution in [1.29, 1.82) is 0 Å². The number of methoxy groups -OCH3 is 1. The summed E-state index contributed by atoms with van der Waals surface area (Å²) in [7, 11) is -2.34. The second-order valence-corrected chi connectivity index (χ2v) is 8.32. The van der Waals surface area contributed by atoms with Gasteiger partial charge < -0.3 is 4.74 Å². The Labute approximate surface area is 166 Å². The van der Waals surface area contributed by atoms with Crippen molar-refractivity contribution in [2.75, 3.05) is 13.7 Å². The first kappa shape index (κ1) is 20.0. The number of nitrogens with zero attached hydrogens (tertiary/aromatic N) is 2. The Hall–Kier alpha value is -2.70. The van der Waals surface area contributed by atoms with Gasteiger partial charge in [0.15, 0.2) is 0 Å². The molecule has 146 valence electrons. The molecule has 2 aromatic carbocycles. The molecule has 3 rings (SSSR count). The number of rotatable bonds is 7. The molecule has 0 saturated heterocycles. The second-order valence-electron chi connectivity index (χ2n) is 6.46. The number of sulfonamides is 1. The number of hydrogen-bond acceptors (Lipinski definition) is 4. The Morgan fingerprint density at radius 1 is 1.00 bits per heavy atom. The van der Waals surface area contributed by atoms with Crippen molar-refractivity contribution >= 4 is 10.0 Å². The topological polar surface area (TPSA) is 59.5 Å². The number of hydrogen-bond donors (Lipinski definition) is 0. The Balaban J connectivity index is 2.18. The van der Waals surface area contributed by atoms with Gasteiger partial charge in [-0.15, -0.1) is 0 Å². The number of pyridine rings is 1. The van der Waals surface area contributed by atoms with Crippen molar-refractivity contribution in [2.45, 2.75) is 24.8 Å². The molecular formula is C22H24N2O3S. The van der Waals surface area contributed by atoms with E-state index in [1.165, 1.54) is 11.4 Å². The summed E-state index contributed by atoms with van der Waals surface area (Å²) >= 11 is 0. The minimum atomic E-state index is -3.82. The Bertz CT molecular complexity index is 1020. The van der Waals surface area contributed by atoms with E-state index in [1.807, 2.05) is 50.2 Å². The van der Waals surface area contributed by atoms with Crippen LogP contribution in [0.4, 0.5) is 0 Å². The monoisotopic (exact) mass is 396 g/mol. The number of aryl methyl sites for hydroxylation is 1. The molecule has 0 amide bonds. The average molecular weight is 397 g/mol. The number of para-hydroxylation sites is 1. The van der Waals surface area contributed by atoms with Crippen LogP contribution >= 0.6 is 0 Å². The standard InChI is InChI=1S/C22H24N2O3S/c1-4-24(28(25,26)21-10-6-5-9-20(21)27-3)22(19-8-7-15-23-16-19)18-13-11-17(2)12-14-18/h5-16,22H,4H2,1-3H3/t22-/m1/s1. The number of aromatic nitrogens is 1. The molecule has 0 aliphatic rings. The maximum atomic E-state index is 13.6. The molecule has 0 saturated carbocycles. The quantitative estimate of drug-likeness (QED) is 0.601. The van der Waals surface area contributed by atoms with Gasteiger partial charge in [-0.2, -0.15) is 4.31 Å². The first-order valence-electron chi connectivity index (χ1n) is 9.10. The summed E-state index contributed by atoms with van der Waals surface area (Å²) in [4.78, 5) is 4.36. The molecule has 0 N–H and O–H groups in total. The van der Waals surface area contributed by atoms with Crippen LogP contribution in [0.3, 0.4) is 0 Å². The lowest BCUT2D eigenvalue weighted by Gasteiger charge is -2.31. The van der Waals surface area contributed by atoms with Gasteiger partial charge in [0.25, 0.3) is 0 Å². The molecule has 0 fully saturated rings. The molecule has 28 heavy (non-hydrogen) atoms. The van der Waals surface area contributed by atoms with Crippen molar-refractivity contribution in [1.82, 2.24) is 9.29 Å². The zero-order valence-corrected chi connectivity index (χ0v) is 17.1. The molecule has 1 atom stereocenters. The molecule has 1 heterocycles. The van der Waals surface area contributed by atoms with E-state index in [0.717, 1.165) is 16.7 Å². The third-order valence-electron chi connectivity index (χ3n) is 4.65. The number of benzene rings is 2. The summed E-state index contributed by atoms with van der Waals surface area (Å²) in [5.41, 5.74) is 2.81.